The number of nitrogens with zero attached hydrogens (tertiary/aromatic N) is 2. The third-order valence-electron chi connectivity index (χ3n) is 3.83. The van der Waals surface area contributed by atoms with Crippen LogP contribution in [0.3, 0.4) is 0 Å². The number of amides is 1. The highest BCUT2D eigenvalue weighted by Gasteiger charge is 2.12. The van der Waals surface area contributed by atoms with Gasteiger partial charge in [-0.05, 0) is 56.2 Å². The molecule has 1 aromatic heterocycles. The van der Waals surface area contributed by atoms with E-state index in [2.05, 4.69) is 26.7 Å². The normalized spacial score (nSPS) is 10.3. The lowest BCUT2D eigenvalue weighted by Gasteiger charge is -2.12. The number of aryl methyl sites for hydroxylation is 2. The Hall–Kier alpha value is -3.41. The largest absolute Gasteiger partial charge is 0.492 e. The lowest BCUT2D eigenvalue weighted by molar-refractivity contribution is 0.102. The van der Waals surface area contributed by atoms with Crippen molar-refractivity contribution < 1.29 is 9.53 Å². The Bertz CT molecular complexity index is 936. The van der Waals surface area contributed by atoms with Crippen molar-refractivity contribution in [1.82, 2.24) is 9.97 Å². The van der Waals surface area contributed by atoms with Gasteiger partial charge in [0.05, 0.1) is 12.3 Å². The van der Waals surface area contributed by atoms with Crippen molar-refractivity contribution in [2.24, 2.45) is 0 Å². The first-order valence-corrected chi connectivity index (χ1v) is 8.75. The summed E-state index contributed by atoms with van der Waals surface area (Å²) in [6, 6.07) is 15.1. The summed E-state index contributed by atoms with van der Waals surface area (Å²) in [4.78, 5) is 20.9. The quantitative estimate of drug-likeness (QED) is 0.676. The molecule has 0 bridgehead atoms. The van der Waals surface area contributed by atoms with E-state index in [1.807, 2.05) is 51.1 Å². The first kappa shape index (κ1) is 18.4. The van der Waals surface area contributed by atoms with Gasteiger partial charge in [-0.25, -0.2) is 9.97 Å². The minimum absolute atomic E-state index is 0.267. The molecule has 6 heteroatoms. The second-order valence-electron chi connectivity index (χ2n) is 6.17. The predicted molar refractivity (Wildman–Crippen MR) is 107 cm³/mol. The SMILES string of the molecule is CCOc1ccccc1NC(=O)c1cc(Nc2cc(C)cc(C)c2)ncn1. The Morgan fingerprint density at radius 1 is 1.04 bits per heavy atom. The molecule has 3 rings (SSSR count). The maximum absolute atomic E-state index is 12.6. The number of benzene rings is 2. The highest BCUT2D eigenvalue weighted by atomic mass is 16.5. The summed E-state index contributed by atoms with van der Waals surface area (Å²) in [7, 11) is 0. The van der Waals surface area contributed by atoms with Crippen LogP contribution in [0.15, 0.2) is 54.9 Å². The average Bonchev–Trinajstić information content (AvgIpc) is 2.63. The number of carbonyl (C=O) groups excluding carboxylic acids is 1. The number of rotatable bonds is 6. The van der Waals surface area contributed by atoms with E-state index in [4.69, 9.17) is 4.74 Å². The third kappa shape index (κ3) is 4.82. The molecule has 0 aliphatic carbocycles. The maximum atomic E-state index is 12.6. The monoisotopic (exact) mass is 362 g/mol. The van der Waals surface area contributed by atoms with E-state index in [1.165, 1.54) is 6.33 Å². The van der Waals surface area contributed by atoms with E-state index in [-0.39, 0.29) is 11.6 Å². The van der Waals surface area contributed by atoms with E-state index in [0.29, 0.717) is 23.9 Å². The molecule has 0 atom stereocenters. The fraction of sp³-hybridized carbons (Fsp3) is 0.190. The molecule has 0 unspecified atom stereocenters. The molecule has 0 radical (unpaired) electrons. The van der Waals surface area contributed by atoms with Gasteiger partial charge < -0.3 is 15.4 Å². The predicted octanol–water partition coefficient (Wildman–Crippen LogP) is 4.49. The Labute approximate surface area is 158 Å². The van der Waals surface area contributed by atoms with Gasteiger partial charge in [-0.2, -0.15) is 0 Å². The Morgan fingerprint density at radius 3 is 2.52 bits per heavy atom. The van der Waals surface area contributed by atoms with Crippen LogP contribution in [0.4, 0.5) is 17.2 Å². The summed E-state index contributed by atoms with van der Waals surface area (Å²) in [6.45, 7) is 6.48. The van der Waals surface area contributed by atoms with Crippen LogP contribution in [-0.2, 0) is 0 Å². The molecule has 0 saturated carbocycles. The number of ether oxygens (including phenoxy) is 1. The fourth-order valence-electron chi connectivity index (χ4n) is 2.78. The number of hydrogen-bond acceptors (Lipinski definition) is 5. The minimum atomic E-state index is -0.326. The van der Waals surface area contributed by atoms with Crippen molar-refractivity contribution in [2.75, 3.05) is 17.2 Å². The van der Waals surface area contributed by atoms with E-state index in [9.17, 15) is 4.79 Å². The molecule has 6 nitrogen and oxygen atoms in total. The zero-order chi connectivity index (χ0) is 19.2. The van der Waals surface area contributed by atoms with E-state index >= 15 is 0 Å². The van der Waals surface area contributed by atoms with Gasteiger partial charge in [0.25, 0.3) is 5.91 Å². The van der Waals surface area contributed by atoms with E-state index < -0.39 is 0 Å². The molecule has 138 valence electrons. The van der Waals surface area contributed by atoms with Crippen molar-refractivity contribution >= 4 is 23.1 Å². The molecule has 2 aromatic carbocycles. The molecule has 0 saturated heterocycles. The molecule has 0 aliphatic heterocycles. The molecule has 3 aromatic rings. The van der Waals surface area contributed by atoms with E-state index in [0.717, 1.165) is 16.8 Å². The Kier molecular flexibility index (Phi) is 5.66. The molecule has 0 aliphatic rings. The van der Waals surface area contributed by atoms with Crippen molar-refractivity contribution in [2.45, 2.75) is 20.8 Å². The minimum Gasteiger partial charge on any atom is -0.492 e. The summed E-state index contributed by atoms with van der Waals surface area (Å²) in [5.41, 5.74) is 4.09. The molecule has 2 N–H and O–H groups in total. The number of hydrogen-bond donors (Lipinski definition) is 2. The van der Waals surface area contributed by atoms with Gasteiger partial charge in [0.15, 0.2) is 0 Å². The summed E-state index contributed by atoms with van der Waals surface area (Å²) in [5.74, 6) is 0.849. The summed E-state index contributed by atoms with van der Waals surface area (Å²) in [6.07, 6.45) is 1.37. The number of nitrogens with one attached hydrogen (secondary N) is 2. The molecule has 1 amide bonds. The Morgan fingerprint density at radius 2 is 1.78 bits per heavy atom. The average molecular weight is 362 g/mol. The third-order valence-corrected chi connectivity index (χ3v) is 3.83. The highest BCUT2D eigenvalue weighted by molar-refractivity contribution is 6.04. The first-order valence-electron chi connectivity index (χ1n) is 8.75. The molecular weight excluding hydrogens is 340 g/mol. The molecular formula is C21H22N4O2. The number of anilines is 3. The van der Waals surface area contributed by atoms with Crippen LogP contribution in [0.2, 0.25) is 0 Å². The van der Waals surface area contributed by atoms with Crippen LogP contribution < -0.4 is 15.4 Å². The van der Waals surface area contributed by atoms with Gasteiger partial charge in [0.1, 0.15) is 23.6 Å². The van der Waals surface area contributed by atoms with E-state index in [1.54, 1.807) is 12.1 Å². The van der Waals surface area contributed by atoms with Crippen molar-refractivity contribution in [3.05, 3.63) is 71.7 Å². The summed E-state index contributed by atoms with van der Waals surface area (Å²) >= 11 is 0. The lowest BCUT2D eigenvalue weighted by atomic mass is 10.1. The topological polar surface area (TPSA) is 76.1 Å². The van der Waals surface area contributed by atoms with Gasteiger partial charge >= 0.3 is 0 Å². The van der Waals surface area contributed by atoms with Crippen LogP contribution >= 0.6 is 0 Å². The second-order valence-corrected chi connectivity index (χ2v) is 6.17. The van der Waals surface area contributed by atoms with Crippen LogP contribution in [0.25, 0.3) is 0 Å². The van der Waals surface area contributed by atoms with Gasteiger partial charge in [-0.3, -0.25) is 4.79 Å². The zero-order valence-electron chi connectivity index (χ0n) is 15.6. The highest BCUT2D eigenvalue weighted by Crippen LogP contribution is 2.24. The first-order chi connectivity index (χ1) is 13.0. The lowest BCUT2D eigenvalue weighted by Crippen LogP contribution is -2.15. The summed E-state index contributed by atoms with van der Waals surface area (Å²) in [5, 5.41) is 6.06. The molecule has 27 heavy (non-hydrogen) atoms. The summed E-state index contributed by atoms with van der Waals surface area (Å²) < 4.78 is 5.54. The van der Waals surface area contributed by atoms with Crippen molar-refractivity contribution in [3.8, 4) is 5.75 Å². The van der Waals surface area contributed by atoms with Gasteiger partial charge in [0, 0.05) is 11.8 Å². The number of aromatic nitrogens is 2. The van der Waals surface area contributed by atoms with Gasteiger partial charge in [-0.15, -0.1) is 0 Å². The van der Waals surface area contributed by atoms with Gasteiger partial charge in [0.2, 0.25) is 0 Å². The molecule has 0 spiro atoms. The number of para-hydroxylation sites is 2. The Balaban J connectivity index is 1.78. The smallest absolute Gasteiger partial charge is 0.274 e. The van der Waals surface area contributed by atoms with Crippen LogP contribution in [0.5, 0.6) is 5.75 Å². The fourth-order valence-corrected chi connectivity index (χ4v) is 2.78. The maximum Gasteiger partial charge on any atom is 0.274 e. The van der Waals surface area contributed by atoms with Crippen molar-refractivity contribution in [1.29, 1.82) is 0 Å². The zero-order valence-corrected chi connectivity index (χ0v) is 15.6. The van der Waals surface area contributed by atoms with Crippen LogP contribution in [0.1, 0.15) is 28.5 Å². The second kappa shape index (κ2) is 8.31. The van der Waals surface area contributed by atoms with Crippen molar-refractivity contribution in [3.63, 3.8) is 0 Å². The number of carbonyl (C=O) groups is 1. The standard InChI is InChI=1S/C21H22N4O2/c1-4-27-19-8-6-5-7-17(19)25-21(26)18-12-20(23-13-22-18)24-16-10-14(2)9-15(3)11-16/h5-13H,4H2,1-3H3,(H,25,26)(H,22,23,24). The van der Waals surface area contributed by atoms with Crippen LogP contribution in [0, 0.1) is 13.8 Å². The molecule has 0 fully saturated rings. The van der Waals surface area contributed by atoms with Crippen LogP contribution in [-0.4, -0.2) is 22.5 Å². The molecule has 1 heterocycles. The van der Waals surface area contributed by atoms with Gasteiger partial charge in [-0.1, -0.05) is 18.2 Å².